The number of oxazole rings is 1. The predicted octanol–water partition coefficient (Wildman–Crippen LogP) is 1.61. The van der Waals surface area contributed by atoms with Gasteiger partial charge in [0.1, 0.15) is 5.52 Å². The van der Waals surface area contributed by atoms with Gasteiger partial charge < -0.3 is 15.3 Å². The molecule has 1 aliphatic rings. The van der Waals surface area contributed by atoms with Crippen LogP contribution in [0.5, 0.6) is 0 Å². The molecule has 2 atom stereocenters. The Kier molecular flexibility index (Phi) is 3.16. The van der Waals surface area contributed by atoms with E-state index in [4.69, 9.17) is 10.2 Å². The zero-order chi connectivity index (χ0) is 13.4. The molecule has 5 nitrogen and oxygen atoms in total. The van der Waals surface area contributed by atoms with Gasteiger partial charge in [0.25, 0.3) is 0 Å². The summed E-state index contributed by atoms with van der Waals surface area (Å²) in [6.07, 6.45) is 0.624. The highest BCUT2D eigenvalue weighted by Gasteiger charge is 2.25. The van der Waals surface area contributed by atoms with E-state index in [-0.39, 0.29) is 6.10 Å². The number of likely N-dealkylation sites (tertiary alicyclic amines) is 1. The van der Waals surface area contributed by atoms with E-state index < -0.39 is 0 Å². The number of piperidine rings is 1. The number of rotatable bonds is 2. The summed E-state index contributed by atoms with van der Waals surface area (Å²) in [5.41, 5.74) is 8.00. The Morgan fingerprint density at radius 1 is 1.53 bits per heavy atom. The highest BCUT2D eigenvalue weighted by molar-refractivity contribution is 5.85. The van der Waals surface area contributed by atoms with Gasteiger partial charge in [-0.1, -0.05) is 13.0 Å². The maximum absolute atomic E-state index is 9.73. The first-order valence-electron chi connectivity index (χ1n) is 6.68. The quantitative estimate of drug-likeness (QED) is 0.803. The zero-order valence-corrected chi connectivity index (χ0v) is 11.0. The smallest absolute Gasteiger partial charge is 0.209 e. The molecule has 0 saturated carbocycles. The molecule has 1 saturated heterocycles. The maximum atomic E-state index is 9.73. The molecule has 5 heteroatoms. The first-order chi connectivity index (χ1) is 9.13. The number of hydrogen-bond donors (Lipinski definition) is 2. The van der Waals surface area contributed by atoms with Crippen LogP contribution in [0.2, 0.25) is 0 Å². The number of benzene rings is 1. The molecule has 1 fully saturated rings. The number of nitrogen functional groups attached to an aromatic ring is 1. The van der Waals surface area contributed by atoms with E-state index >= 15 is 0 Å². The number of nitrogens with zero attached hydrogens (tertiary/aromatic N) is 2. The molecule has 0 spiro atoms. The normalized spacial score (nSPS) is 24.9. The molecule has 0 radical (unpaired) electrons. The minimum Gasteiger partial charge on any atom is -0.439 e. The second-order valence-corrected chi connectivity index (χ2v) is 5.37. The molecule has 3 N–H and O–H groups in total. The molecule has 1 aromatic carbocycles. The molecule has 0 aliphatic carbocycles. The number of para-hydroxylation sites is 1. The largest absolute Gasteiger partial charge is 0.439 e. The fourth-order valence-electron chi connectivity index (χ4n) is 2.64. The van der Waals surface area contributed by atoms with Crippen LogP contribution in [0.3, 0.4) is 0 Å². The van der Waals surface area contributed by atoms with E-state index in [1.54, 1.807) is 0 Å². The third kappa shape index (κ3) is 2.43. The summed E-state index contributed by atoms with van der Waals surface area (Å²) in [6.45, 7) is 4.49. The van der Waals surface area contributed by atoms with E-state index in [0.717, 1.165) is 30.6 Å². The minimum absolute atomic E-state index is 0.185. The van der Waals surface area contributed by atoms with Gasteiger partial charge >= 0.3 is 0 Å². The Labute approximate surface area is 112 Å². The van der Waals surface area contributed by atoms with Crippen LogP contribution in [0.15, 0.2) is 22.6 Å². The average Bonchev–Trinajstić information content (AvgIpc) is 2.78. The van der Waals surface area contributed by atoms with Gasteiger partial charge in [-0.15, -0.1) is 0 Å². The topological polar surface area (TPSA) is 75.5 Å². The van der Waals surface area contributed by atoms with Crippen molar-refractivity contribution in [1.82, 2.24) is 9.88 Å². The van der Waals surface area contributed by atoms with Gasteiger partial charge in [0, 0.05) is 13.1 Å². The number of nitrogens with two attached hydrogens (primary N) is 1. The maximum Gasteiger partial charge on any atom is 0.209 e. The summed E-state index contributed by atoms with van der Waals surface area (Å²) >= 11 is 0. The number of anilines is 1. The Bertz CT molecular complexity index is 581. The monoisotopic (exact) mass is 261 g/mol. The molecule has 19 heavy (non-hydrogen) atoms. The number of hydrogen-bond acceptors (Lipinski definition) is 5. The molecule has 1 aliphatic heterocycles. The first kappa shape index (κ1) is 12.4. The molecule has 1 aromatic heterocycles. The third-order valence-corrected chi connectivity index (χ3v) is 3.80. The van der Waals surface area contributed by atoms with E-state index in [1.807, 2.05) is 18.2 Å². The van der Waals surface area contributed by atoms with Crippen molar-refractivity contribution in [2.75, 3.05) is 18.8 Å². The SMILES string of the molecule is CC1CN(Cc2nc3c(N)cccc3o2)CCC1O. The Morgan fingerprint density at radius 2 is 2.37 bits per heavy atom. The van der Waals surface area contributed by atoms with Crippen molar-refractivity contribution in [2.24, 2.45) is 5.92 Å². The van der Waals surface area contributed by atoms with Crippen LogP contribution in [0.1, 0.15) is 19.2 Å². The van der Waals surface area contributed by atoms with Crippen molar-refractivity contribution < 1.29 is 9.52 Å². The molecule has 0 bridgehead atoms. The standard InChI is InChI=1S/C14H19N3O2/c1-9-7-17(6-5-11(9)18)8-13-16-14-10(15)3-2-4-12(14)19-13/h2-4,9,11,18H,5-8,15H2,1H3. The molecule has 0 amide bonds. The molecular weight excluding hydrogens is 242 g/mol. The average molecular weight is 261 g/mol. The first-order valence-corrected chi connectivity index (χ1v) is 6.68. The number of aliphatic hydroxyl groups excluding tert-OH is 1. The second kappa shape index (κ2) is 4.83. The Balaban J connectivity index is 1.77. The summed E-state index contributed by atoms with van der Waals surface area (Å²) in [6, 6.07) is 5.57. The van der Waals surface area contributed by atoms with E-state index in [1.165, 1.54) is 0 Å². The molecule has 2 aromatic rings. The van der Waals surface area contributed by atoms with E-state index in [2.05, 4.69) is 16.8 Å². The van der Waals surface area contributed by atoms with Gasteiger partial charge in [0.2, 0.25) is 5.89 Å². The third-order valence-electron chi connectivity index (χ3n) is 3.80. The molecule has 102 valence electrons. The number of fused-ring (bicyclic) bond motifs is 1. The molecule has 3 rings (SSSR count). The highest BCUT2D eigenvalue weighted by Crippen LogP contribution is 2.23. The number of aromatic nitrogens is 1. The summed E-state index contributed by atoms with van der Waals surface area (Å²) < 4.78 is 5.72. The van der Waals surface area contributed by atoms with Crippen LogP contribution < -0.4 is 5.73 Å². The minimum atomic E-state index is -0.185. The van der Waals surface area contributed by atoms with Crippen molar-refractivity contribution >= 4 is 16.8 Å². The highest BCUT2D eigenvalue weighted by atomic mass is 16.3. The molecule has 2 unspecified atom stereocenters. The lowest BCUT2D eigenvalue weighted by molar-refractivity contribution is 0.0291. The van der Waals surface area contributed by atoms with Crippen molar-refractivity contribution in [3.8, 4) is 0 Å². The molecule has 2 heterocycles. The van der Waals surface area contributed by atoms with Gasteiger partial charge in [-0.25, -0.2) is 4.98 Å². The fourth-order valence-corrected chi connectivity index (χ4v) is 2.64. The van der Waals surface area contributed by atoms with Crippen molar-refractivity contribution in [3.63, 3.8) is 0 Å². The van der Waals surface area contributed by atoms with E-state index in [0.29, 0.717) is 24.0 Å². The van der Waals surface area contributed by atoms with Crippen LogP contribution >= 0.6 is 0 Å². The fraction of sp³-hybridized carbons (Fsp3) is 0.500. The lowest BCUT2D eigenvalue weighted by atomic mass is 9.97. The predicted molar refractivity (Wildman–Crippen MR) is 73.5 cm³/mol. The summed E-state index contributed by atoms with van der Waals surface area (Å²) in [5.74, 6) is 0.986. The van der Waals surface area contributed by atoms with Crippen LogP contribution in [0, 0.1) is 5.92 Å². The van der Waals surface area contributed by atoms with Crippen LogP contribution in [0.4, 0.5) is 5.69 Å². The molecular formula is C14H19N3O2. The van der Waals surface area contributed by atoms with Gasteiger partial charge in [-0.2, -0.15) is 0 Å². The lowest BCUT2D eigenvalue weighted by Crippen LogP contribution is -2.41. The number of aliphatic hydroxyl groups is 1. The van der Waals surface area contributed by atoms with Crippen molar-refractivity contribution in [2.45, 2.75) is 26.0 Å². The van der Waals surface area contributed by atoms with Crippen molar-refractivity contribution in [1.29, 1.82) is 0 Å². The van der Waals surface area contributed by atoms with E-state index in [9.17, 15) is 5.11 Å². The Hall–Kier alpha value is -1.59. The van der Waals surface area contributed by atoms with Crippen LogP contribution in [-0.4, -0.2) is 34.2 Å². The summed E-state index contributed by atoms with van der Waals surface area (Å²) in [7, 11) is 0. The van der Waals surface area contributed by atoms with Gasteiger partial charge in [0.15, 0.2) is 5.58 Å². The van der Waals surface area contributed by atoms with Gasteiger partial charge in [0.05, 0.1) is 18.3 Å². The van der Waals surface area contributed by atoms with Crippen molar-refractivity contribution in [3.05, 3.63) is 24.1 Å². The second-order valence-electron chi connectivity index (χ2n) is 5.37. The summed E-state index contributed by atoms with van der Waals surface area (Å²) in [4.78, 5) is 6.72. The van der Waals surface area contributed by atoms with Crippen LogP contribution in [-0.2, 0) is 6.54 Å². The van der Waals surface area contributed by atoms with Crippen LogP contribution in [0.25, 0.3) is 11.1 Å². The van der Waals surface area contributed by atoms with Gasteiger partial charge in [-0.05, 0) is 24.5 Å². The zero-order valence-electron chi connectivity index (χ0n) is 11.0. The van der Waals surface area contributed by atoms with Gasteiger partial charge in [-0.3, -0.25) is 4.90 Å². The summed E-state index contributed by atoms with van der Waals surface area (Å²) in [5, 5.41) is 9.73. The Morgan fingerprint density at radius 3 is 3.11 bits per heavy atom. The lowest BCUT2D eigenvalue weighted by Gasteiger charge is -2.33.